The van der Waals surface area contributed by atoms with Gasteiger partial charge in [-0.25, -0.2) is 4.79 Å². The molecule has 0 spiro atoms. The fourth-order valence-electron chi connectivity index (χ4n) is 2.58. The zero-order valence-corrected chi connectivity index (χ0v) is 14.6. The Morgan fingerprint density at radius 1 is 0.958 bits per heavy atom. The van der Waals surface area contributed by atoms with Crippen molar-refractivity contribution in [3.05, 3.63) is 65.2 Å². The molecule has 0 unspecified atom stereocenters. The van der Waals surface area contributed by atoms with Gasteiger partial charge in [-0.2, -0.15) is 0 Å². The van der Waals surface area contributed by atoms with Gasteiger partial charge in [-0.05, 0) is 48.2 Å². The maximum absolute atomic E-state index is 11.5. The first-order valence-electron chi connectivity index (χ1n) is 8.62. The van der Waals surface area contributed by atoms with Crippen LogP contribution in [0, 0.1) is 0 Å². The summed E-state index contributed by atoms with van der Waals surface area (Å²) in [7, 11) is 1.38. The number of hydrogen-bond acceptors (Lipinski definition) is 3. The number of methoxy groups -OCH3 is 1. The molecule has 2 aromatic rings. The van der Waals surface area contributed by atoms with E-state index in [-0.39, 0.29) is 5.97 Å². The quantitative estimate of drug-likeness (QED) is 0.471. The Balaban J connectivity index is 1.85. The second kappa shape index (κ2) is 9.76. The lowest BCUT2D eigenvalue weighted by molar-refractivity contribution is 0.0600. The van der Waals surface area contributed by atoms with Crippen molar-refractivity contribution in [3.8, 4) is 5.75 Å². The topological polar surface area (TPSA) is 35.5 Å². The van der Waals surface area contributed by atoms with Gasteiger partial charge >= 0.3 is 5.97 Å². The second-order valence-electron chi connectivity index (χ2n) is 5.94. The van der Waals surface area contributed by atoms with Crippen molar-refractivity contribution in [2.45, 2.75) is 45.6 Å². The first-order chi connectivity index (χ1) is 11.7. The molecule has 0 saturated heterocycles. The number of carbonyl (C=O) groups excluding carboxylic acids is 1. The third kappa shape index (κ3) is 5.73. The lowest BCUT2D eigenvalue weighted by atomic mass is 10.1. The Hall–Kier alpha value is -2.29. The minimum atomic E-state index is -0.329. The number of carbonyl (C=O) groups is 1. The fraction of sp³-hybridized carbons (Fsp3) is 0.381. The highest BCUT2D eigenvalue weighted by atomic mass is 16.5. The van der Waals surface area contributed by atoms with Crippen molar-refractivity contribution in [1.82, 2.24) is 0 Å². The molecule has 0 radical (unpaired) electrons. The van der Waals surface area contributed by atoms with Crippen LogP contribution in [0.2, 0.25) is 0 Å². The molecule has 2 aromatic carbocycles. The van der Waals surface area contributed by atoms with Crippen LogP contribution in [-0.4, -0.2) is 13.1 Å². The fourth-order valence-corrected chi connectivity index (χ4v) is 2.58. The van der Waals surface area contributed by atoms with Crippen LogP contribution >= 0.6 is 0 Å². The summed E-state index contributed by atoms with van der Waals surface area (Å²) < 4.78 is 10.5. The van der Waals surface area contributed by atoms with E-state index in [1.54, 1.807) is 12.1 Å². The predicted molar refractivity (Wildman–Crippen MR) is 96.4 cm³/mol. The van der Waals surface area contributed by atoms with Crippen LogP contribution in [0.25, 0.3) is 0 Å². The van der Waals surface area contributed by atoms with Crippen molar-refractivity contribution in [1.29, 1.82) is 0 Å². The summed E-state index contributed by atoms with van der Waals surface area (Å²) in [5.41, 5.74) is 2.84. The number of unbranched alkanes of at least 4 members (excludes halogenated alkanes) is 3. The predicted octanol–water partition coefficient (Wildman–Crippen LogP) is 5.18. The summed E-state index contributed by atoms with van der Waals surface area (Å²) in [5.74, 6) is 0.514. The van der Waals surface area contributed by atoms with Crippen LogP contribution in [0.1, 0.15) is 54.1 Å². The maximum Gasteiger partial charge on any atom is 0.337 e. The number of benzene rings is 2. The van der Waals surface area contributed by atoms with Crippen LogP contribution in [0.5, 0.6) is 5.75 Å². The zero-order chi connectivity index (χ0) is 17.2. The molecule has 0 aliphatic rings. The molecule has 3 heteroatoms. The Labute approximate surface area is 144 Å². The number of rotatable bonds is 9. The highest BCUT2D eigenvalue weighted by Crippen LogP contribution is 2.17. The van der Waals surface area contributed by atoms with Gasteiger partial charge in [-0.15, -0.1) is 0 Å². The molecular weight excluding hydrogens is 300 g/mol. The van der Waals surface area contributed by atoms with E-state index in [0.717, 1.165) is 17.7 Å². The Kier molecular flexibility index (Phi) is 7.34. The second-order valence-corrected chi connectivity index (χ2v) is 5.94. The average Bonchev–Trinajstić information content (AvgIpc) is 2.64. The molecule has 0 saturated carbocycles. The lowest BCUT2D eigenvalue weighted by Gasteiger charge is -2.08. The Bertz CT molecular complexity index is 632. The molecule has 24 heavy (non-hydrogen) atoms. The number of esters is 1. The van der Waals surface area contributed by atoms with Gasteiger partial charge in [-0.3, -0.25) is 0 Å². The van der Waals surface area contributed by atoms with Gasteiger partial charge < -0.3 is 9.47 Å². The monoisotopic (exact) mass is 326 g/mol. The van der Waals surface area contributed by atoms with E-state index in [0.29, 0.717) is 12.2 Å². The van der Waals surface area contributed by atoms with E-state index >= 15 is 0 Å². The summed E-state index contributed by atoms with van der Waals surface area (Å²) in [6.45, 7) is 2.66. The molecule has 0 heterocycles. The first-order valence-corrected chi connectivity index (χ1v) is 8.62. The van der Waals surface area contributed by atoms with E-state index in [1.165, 1.54) is 38.4 Å². The van der Waals surface area contributed by atoms with Crippen LogP contribution in [0.15, 0.2) is 48.5 Å². The zero-order valence-electron chi connectivity index (χ0n) is 14.6. The van der Waals surface area contributed by atoms with Crippen molar-refractivity contribution in [2.75, 3.05) is 7.11 Å². The minimum absolute atomic E-state index is 0.329. The van der Waals surface area contributed by atoms with E-state index in [9.17, 15) is 4.79 Å². The number of aryl methyl sites for hydroxylation is 1. The molecule has 0 fully saturated rings. The van der Waals surface area contributed by atoms with Gasteiger partial charge in [0.05, 0.1) is 12.7 Å². The summed E-state index contributed by atoms with van der Waals surface area (Å²) in [6, 6.07) is 15.6. The molecule has 3 nitrogen and oxygen atoms in total. The van der Waals surface area contributed by atoms with Crippen LogP contribution in [0.3, 0.4) is 0 Å². The molecule has 0 aliphatic heterocycles. The normalized spacial score (nSPS) is 10.4. The molecule has 2 rings (SSSR count). The van der Waals surface area contributed by atoms with Gasteiger partial charge in [0, 0.05) is 0 Å². The number of hydrogen-bond donors (Lipinski definition) is 0. The smallest absolute Gasteiger partial charge is 0.337 e. The Morgan fingerprint density at radius 2 is 1.75 bits per heavy atom. The van der Waals surface area contributed by atoms with E-state index in [1.807, 2.05) is 24.3 Å². The maximum atomic E-state index is 11.5. The highest BCUT2D eigenvalue weighted by molar-refractivity contribution is 5.89. The SMILES string of the molecule is CCCCCCc1ccc(OCc2cccc(C(=O)OC)c2)cc1. The molecule has 128 valence electrons. The summed E-state index contributed by atoms with van der Waals surface area (Å²) >= 11 is 0. The van der Waals surface area contributed by atoms with Crippen LogP contribution in [0.4, 0.5) is 0 Å². The molecular formula is C21H26O3. The van der Waals surface area contributed by atoms with Crippen molar-refractivity contribution < 1.29 is 14.3 Å². The highest BCUT2D eigenvalue weighted by Gasteiger charge is 2.06. The standard InChI is InChI=1S/C21H26O3/c1-3-4-5-6-8-17-11-13-20(14-12-17)24-16-18-9-7-10-19(15-18)21(22)23-2/h7,9-15H,3-6,8,16H2,1-2H3. The Morgan fingerprint density at radius 3 is 2.46 bits per heavy atom. The van der Waals surface area contributed by atoms with E-state index in [2.05, 4.69) is 19.1 Å². The van der Waals surface area contributed by atoms with Crippen LogP contribution < -0.4 is 4.74 Å². The first kappa shape index (κ1) is 18.1. The minimum Gasteiger partial charge on any atom is -0.489 e. The lowest BCUT2D eigenvalue weighted by Crippen LogP contribution is -2.03. The summed E-state index contributed by atoms with van der Waals surface area (Å²) in [5, 5.41) is 0. The molecule has 0 amide bonds. The van der Waals surface area contributed by atoms with Crippen molar-refractivity contribution >= 4 is 5.97 Å². The van der Waals surface area contributed by atoms with Gasteiger partial charge in [0.1, 0.15) is 12.4 Å². The van der Waals surface area contributed by atoms with Gasteiger partial charge in [-0.1, -0.05) is 50.5 Å². The number of ether oxygens (including phenoxy) is 2. The van der Waals surface area contributed by atoms with Gasteiger partial charge in [0.2, 0.25) is 0 Å². The van der Waals surface area contributed by atoms with Gasteiger partial charge in [0.25, 0.3) is 0 Å². The van der Waals surface area contributed by atoms with Crippen molar-refractivity contribution in [3.63, 3.8) is 0 Å². The summed E-state index contributed by atoms with van der Waals surface area (Å²) in [4.78, 5) is 11.5. The van der Waals surface area contributed by atoms with Crippen molar-refractivity contribution in [2.24, 2.45) is 0 Å². The molecule has 0 bridgehead atoms. The van der Waals surface area contributed by atoms with Crippen LogP contribution in [-0.2, 0) is 17.8 Å². The third-order valence-corrected chi connectivity index (χ3v) is 4.00. The molecule has 0 aromatic heterocycles. The largest absolute Gasteiger partial charge is 0.489 e. The van der Waals surface area contributed by atoms with Gasteiger partial charge in [0.15, 0.2) is 0 Å². The molecule has 0 aliphatic carbocycles. The van der Waals surface area contributed by atoms with E-state index in [4.69, 9.17) is 9.47 Å². The third-order valence-electron chi connectivity index (χ3n) is 4.00. The molecule has 0 N–H and O–H groups in total. The molecule has 0 atom stereocenters. The van der Waals surface area contributed by atoms with E-state index < -0.39 is 0 Å². The average molecular weight is 326 g/mol. The summed E-state index contributed by atoms with van der Waals surface area (Å²) in [6.07, 6.45) is 6.25.